The summed E-state index contributed by atoms with van der Waals surface area (Å²) >= 11 is 0. The minimum absolute atomic E-state index is 0.0370. The molecule has 5 heterocycles. The van der Waals surface area contributed by atoms with Gasteiger partial charge in [0, 0.05) is 26.9 Å². The van der Waals surface area contributed by atoms with E-state index in [4.69, 9.17) is 18.8 Å². The number of likely N-dealkylation sites (tertiary alicyclic amines) is 2. The van der Waals surface area contributed by atoms with Gasteiger partial charge in [0.1, 0.15) is 23.1 Å². The van der Waals surface area contributed by atoms with Crippen LogP contribution in [0.25, 0.3) is 22.2 Å². The SMILES string of the molecule is CC(=O)N1CCCC1c1nc2cc(C3CCC(c4ccc5oc(C6CCCN6C(C)=O)nc5c4)N3O)ccc2o1. The molecule has 10 heteroatoms. The van der Waals surface area contributed by atoms with Gasteiger partial charge in [0.05, 0.1) is 12.1 Å². The van der Waals surface area contributed by atoms with Crippen molar-refractivity contribution < 1.29 is 23.6 Å². The first-order valence-electron chi connectivity index (χ1n) is 14.2. The first-order valence-corrected chi connectivity index (χ1v) is 14.2. The number of carbonyl (C=O) groups is 2. The van der Waals surface area contributed by atoms with Crippen LogP contribution in [-0.2, 0) is 9.59 Å². The standard InChI is InChI=1S/C30H33N5O5/c1-17(36)33-13-3-5-25(33)29-31-21-15-19(7-11-27(21)39-29)23-9-10-24(35(23)38)20-8-12-28-22(16-20)32-30(40-28)26-6-4-14-34(26)18(2)37/h7-8,11-12,15-16,23-26,38H,3-6,9-10,13-14H2,1-2H3. The summed E-state index contributed by atoms with van der Waals surface area (Å²) in [5, 5.41) is 12.7. The van der Waals surface area contributed by atoms with E-state index >= 15 is 0 Å². The Hall–Kier alpha value is -3.76. The Bertz CT molecular complexity index is 1490. The van der Waals surface area contributed by atoms with E-state index in [1.807, 2.05) is 46.2 Å². The smallest absolute Gasteiger partial charge is 0.220 e. The Kier molecular flexibility index (Phi) is 6.12. The van der Waals surface area contributed by atoms with E-state index in [2.05, 4.69) is 0 Å². The van der Waals surface area contributed by atoms with Gasteiger partial charge in [0.25, 0.3) is 0 Å². The highest BCUT2D eigenvalue weighted by molar-refractivity contribution is 5.77. The number of oxazole rings is 2. The number of amides is 2. The zero-order valence-corrected chi connectivity index (χ0v) is 22.7. The van der Waals surface area contributed by atoms with Crippen LogP contribution in [0.3, 0.4) is 0 Å². The highest BCUT2D eigenvalue weighted by Gasteiger charge is 2.37. The predicted octanol–water partition coefficient (Wildman–Crippen LogP) is 5.60. The number of hydrogen-bond donors (Lipinski definition) is 1. The van der Waals surface area contributed by atoms with Gasteiger partial charge in [-0.05, 0) is 73.9 Å². The molecular weight excluding hydrogens is 510 g/mol. The summed E-state index contributed by atoms with van der Waals surface area (Å²) in [4.78, 5) is 37.2. The fourth-order valence-corrected chi connectivity index (χ4v) is 6.86. The Morgan fingerprint density at radius 1 is 0.725 bits per heavy atom. The molecule has 1 N–H and O–H groups in total. The molecule has 0 bridgehead atoms. The van der Waals surface area contributed by atoms with Gasteiger partial charge in [-0.15, -0.1) is 0 Å². The van der Waals surface area contributed by atoms with Crippen LogP contribution in [0.4, 0.5) is 0 Å². The van der Waals surface area contributed by atoms with Crippen LogP contribution in [0.2, 0.25) is 0 Å². The van der Waals surface area contributed by atoms with Crippen molar-refractivity contribution in [2.45, 2.75) is 76.5 Å². The van der Waals surface area contributed by atoms with E-state index in [0.717, 1.165) is 73.8 Å². The quantitative estimate of drug-likeness (QED) is 0.353. The maximum absolute atomic E-state index is 12.0. The van der Waals surface area contributed by atoms with Gasteiger partial charge >= 0.3 is 0 Å². The second-order valence-corrected chi connectivity index (χ2v) is 11.3. The minimum Gasteiger partial charge on any atom is -0.438 e. The largest absolute Gasteiger partial charge is 0.438 e. The lowest BCUT2D eigenvalue weighted by Crippen LogP contribution is -2.28. The molecule has 2 amide bonds. The molecule has 0 spiro atoms. The molecule has 3 fully saturated rings. The summed E-state index contributed by atoms with van der Waals surface area (Å²) in [5.41, 5.74) is 4.80. The number of hydrogen-bond acceptors (Lipinski definition) is 8. The van der Waals surface area contributed by atoms with Gasteiger partial charge in [-0.3, -0.25) is 9.59 Å². The number of rotatable bonds is 4. The number of carbonyl (C=O) groups excluding carboxylic acids is 2. The molecule has 208 valence electrons. The lowest BCUT2D eigenvalue weighted by Gasteiger charge is -2.24. The molecule has 40 heavy (non-hydrogen) atoms. The molecule has 2 aromatic heterocycles. The molecule has 7 rings (SSSR count). The lowest BCUT2D eigenvalue weighted by atomic mass is 10.0. The van der Waals surface area contributed by atoms with Gasteiger partial charge in [-0.25, -0.2) is 9.97 Å². The summed E-state index contributed by atoms with van der Waals surface area (Å²) in [6.07, 6.45) is 5.15. The second-order valence-electron chi connectivity index (χ2n) is 11.3. The molecular formula is C30H33N5O5. The summed E-state index contributed by atoms with van der Waals surface area (Å²) in [6, 6.07) is 11.2. The molecule has 10 nitrogen and oxygen atoms in total. The molecule has 3 saturated heterocycles. The lowest BCUT2D eigenvalue weighted by molar-refractivity contribution is -0.137. The first-order chi connectivity index (χ1) is 19.4. The van der Waals surface area contributed by atoms with Crippen LogP contribution in [0, 0.1) is 0 Å². The highest BCUT2D eigenvalue weighted by atomic mass is 16.5. The summed E-state index contributed by atoms with van der Waals surface area (Å²) < 4.78 is 12.1. The van der Waals surface area contributed by atoms with E-state index in [9.17, 15) is 14.8 Å². The number of hydroxylamine groups is 2. The van der Waals surface area contributed by atoms with Crippen LogP contribution in [0.15, 0.2) is 45.2 Å². The van der Waals surface area contributed by atoms with Crippen molar-refractivity contribution in [3.63, 3.8) is 0 Å². The average molecular weight is 544 g/mol. The number of benzene rings is 2. The molecule has 2 aromatic carbocycles. The van der Waals surface area contributed by atoms with E-state index in [1.54, 1.807) is 13.8 Å². The molecule has 4 aromatic rings. The second kappa shape index (κ2) is 9.71. The third kappa shape index (κ3) is 4.17. The van der Waals surface area contributed by atoms with E-state index in [1.165, 1.54) is 5.06 Å². The molecule has 0 radical (unpaired) electrons. The minimum atomic E-state index is -0.180. The van der Waals surface area contributed by atoms with Crippen molar-refractivity contribution in [3.8, 4) is 0 Å². The van der Waals surface area contributed by atoms with Crippen LogP contribution >= 0.6 is 0 Å². The molecule has 3 aliphatic heterocycles. The zero-order chi connectivity index (χ0) is 27.5. The van der Waals surface area contributed by atoms with Crippen molar-refractivity contribution in [2.75, 3.05) is 13.1 Å². The topological polar surface area (TPSA) is 116 Å². The third-order valence-corrected chi connectivity index (χ3v) is 8.86. The third-order valence-electron chi connectivity index (χ3n) is 8.86. The Balaban J connectivity index is 1.11. The fourth-order valence-electron chi connectivity index (χ4n) is 6.86. The van der Waals surface area contributed by atoms with Gasteiger partial charge in [0.15, 0.2) is 11.2 Å². The molecule has 0 saturated carbocycles. The van der Waals surface area contributed by atoms with Gasteiger partial charge in [-0.1, -0.05) is 12.1 Å². The first kappa shape index (κ1) is 25.2. The summed E-state index contributed by atoms with van der Waals surface area (Å²) in [6.45, 7) is 4.63. The highest BCUT2D eigenvalue weighted by Crippen LogP contribution is 2.44. The monoisotopic (exact) mass is 543 g/mol. The summed E-state index contributed by atoms with van der Waals surface area (Å²) in [7, 11) is 0. The Labute approximate surface area is 231 Å². The maximum Gasteiger partial charge on any atom is 0.220 e. The van der Waals surface area contributed by atoms with Crippen LogP contribution in [0.5, 0.6) is 0 Å². The fraction of sp³-hybridized carbons (Fsp3) is 0.467. The maximum atomic E-state index is 12.0. The normalized spacial score (nSPS) is 25.6. The van der Waals surface area contributed by atoms with Gasteiger partial charge in [0.2, 0.25) is 23.6 Å². The van der Waals surface area contributed by atoms with Crippen LogP contribution in [0.1, 0.15) is 99.4 Å². The van der Waals surface area contributed by atoms with E-state index in [-0.39, 0.29) is 36.0 Å². The van der Waals surface area contributed by atoms with Crippen molar-refractivity contribution >= 4 is 34.0 Å². The molecule has 4 atom stereocenters. The Morgan fingerprint density at radius 3 is 1.60 bits per heavy atom. The number of nitrogens with zero attached hydrogens (tertiary/aromatic N) is 5. The number of aromatic nitrogens is 2. The van der Waals surface area contributed by atoms with Crippen molar-refractivity contribution in [1.29, 1.82) is 0 Å². The number of fused-ring (bicyclic) bond motifs is 2. The molecule has 0 aliphatic carbocycles. The van der Waals surface area contributed by atoms with Gasteiger partial charge in [-0.2, -0.15) is 5.06 Å². The zero-order valence-electron chi connectivity index (χ0n) is 22.7. The summed E-state index contributed by atoms with van der Waals surface area (Å²) in [5.74, 6) is 1.23. The van der Waals surface area contributed by atoms with Crippen molar-refractivity contribution in [2.24, 2.45) is 0 Å². The molecule has 4 unspecified atom stereocenters. The van der Waals surface area contributed by atoms with Crippen molar-refractivity contribution in [3.05, 3.63) is 59.3 Å². The Morgan fingerprint density at radius 2 is 1.18 bits per heavy atom. The van der Waals surface area contributed by atoms with E-state index < -0.39 is 0 Å². The van der Waals surface area contributed by atoms with E-state index in [0.29, 0.717) is 22.9 Å². The van der Waals surface area contributed by atoms with Crippen LogP contribution in [-0.4, -0.2) is 54.9 Å². The van der Waals surface area contributed by atoms with Crippen LogP contribution < -0.4 is 0 Å². The van der Waals surface area contributed by atoms with Crippen molar-refractivity contribution in [1.82, 2.24) is 24.8 Å². The predicted molar refractivity (Wildman–Crippen MR) is 145 cm³/mol. The molecule has 3 aliphatic rings. The average Bonchev–Trinajstić information content (AvgIpc) is 3.75. The van der Waals surface area contributed by atoms with Gasteiger partial charge < -0.3 is 23.8 Å².